The lowest BCUT2D eigenvalue weighted by Crippen LogP contribution is -2.04. The van der Waals surface area contributed by atoms with Gasteiger partial charge in [-0.05, 0) is 12.8 Å². The maximum atomic E-state index is 5.65. The van der Waals surface area contributed by atoms with Crippen molar-refractivity contribution in [1.29, 1.82) is 0 Å². The summed E-state index contributed by atoms with van der Waals surface area (Å²) in [6.07, 6.45) is 5.97. The number of hydrogen-bond acceptors (Lipinski definition) is 4. The third-order valence-electron chi connectivity index (χ3n) is 2.18. The molecule has 76 valence electrons. The number of aromatic nitrogens is 1. The first-order valence-corrected chi connectivity index (χ1v) is 4.72. The first kappa shape index (κ1) is 9.27. The van der Waals surface area contributed by atoms with Crippen LogP contribution in [0, 0.1) is 0 Å². The average Bonchev–Trinajstić information content (AvgIpc) is 3.01. The van der Waals surface area contributed by atoms with Crippen LogP contribution in [0.1, 0.15) is 18.4 Å². The van der Waals surface area contributed by atoms with Crippen molar-refractivity contribution in [3.8, 4) is 11.5 Å². The Morgan fingerprint density at radius 3 is 2.86 bits per heavy atom. The highest BCUT2D eigenvalue weighted by atomic mass is 16.5. The van der Waals surface area contributed by atoms with Gasteiger partial charge in [-0.15, -0.1) is 0 Å². The fraction of sp³-hybridized carbons (Fsp3) is 0.500. The van der Waals surface area contributed by atoms with Crippen molar-refractivity contribution in [3.05, 3.63) is 18.0 Å². The fourth-order valence-electron chi connectivity index (χ4n) is 1.30. The molecule has 0 unspecified atom stereocenters. The Kier molecular flexibility index (Phi) is 2.54. The van der Waals surface area contributed by atoms with Crippen LogP contribution < -0.4 is 15.2 Å². The zero-order valence-electron chi connectivity index (χ0n) is 8.19. The van der Waals surface area contributed by atoms with Gasteiger partial charge in [0.1, 0.15) is 0 Å². The van der Waals surface area contributed by atoms with E-state index in [4.69, 9.17) is 15.2 Å². The van der Waals surface area contributed by atoms with Gasteiger partial charge in [-0.3, -0.25) is 4.98 Å². The van der Waals surface area contributed by atoms with Gasteiger partial charge < -0.3 is 15.2 Å². The number of nitrogens with two attached hydrogens (primary N) is 1. The molecule has 14 heavy (non-hydrogen) atoms. The zero-order chi connectivity index (χ0) is 9.97. The molecule has 1 aliphatic carbocycles. The van der Waals surface area contributed by atoms with E-state index in [1.165, 1.54) is 0 Å². The van der Waals surface area contributed by atoms with Gasteiger partial charge in [0.05, 0.1) is 19.4 Å². The second-order valence-corrected chi connectivity index (χ2v) is 3.35. The molecule has 0 amide bonds. The van der Waals surface area contributed by atoms with Gasteiger partial charge in [-0.2, -0.15) is 0 Å². The van der Waals surface area contributed by atoms with E-state index in [-0.39, 0.29) is 0 Å². The van der Waals surface area contributed by atoms with E-state index in [0.29, 0.717) is 18.4 Å². The van der Waals surface area contributed by atoms with Gasteiger partial charge in [0, 0.05) is 18.3 Å². The zero-order valence-corrected chi connectivity index (χ0v) is 8.19. The summed E-state index contributed by atoms with van der Waals surface area (Å²) in [6.45, 7) is 0.415. The van der Waals surface area contributed by atoms with Crippen molar-refractivity contribution < 1.29 is 9.47 Å². The summed E-state index contributed by atoms with van der Waals surface area (Å²) in [7, 11) is 1.62. The average molecular weight is 194 g/mol. The first-order chi connectivity index (χ1) is 6.85. The standard InChI is InChI=1S/C10H14N2O2/c1-13-10-7(4-11)5-12-6-9(10)14-8-2-3-8/h5-6,8H,2-4,11H2,1H3. The molecule has 1 aromatic heterocycles. The lowest BCUT2D eigenvalue weighted by molar-refractivity contribution is 0.279. The predicted molar refractivity (Wildman–Crippen MR) is 52.3 cm³/mol. The molecular weight excluding hydrogens is 180 g/mol. The summed E-state index contributed by atoms with van der Waals surface area (Å²) >= 11 is 0. The Hall–Kier alpha value is -1.29. The molecule has 1 saturated carbocycles. The maximum Gasteiger partial charge on any atom is 0.180 e. The van der Waals surface area contributed by atoms with Crippen molar-refractivity contribution in [3.63, 3.8) is 0 Å². The Morgan fingerprint density at radius 2 is 2.29 bits per heavy atom. The topological polar surface area (TPSA) is 57.4 Å². The maximum absolute atomic E-state index is 5.65. The molecule has 0 radical (unpaired) electrons. The normalized spacial score (nSPS) is 15.3. The summed E-state index contributed by atoms with van der Waals surface area (Å²) in [6, 6.07) is 0. The Labute approximate surface area is 83.0 Å². The molecule has 0 bridgehead atoms. The molecule has 0 saturated heterocycles. The van der Waals surface area contributed by atoms with E-state index in [1.54, 1.807) is 19.5 Å². The van der Waals surface area contributed by atoms with Crippen LogP contribution in [0.25, 0.3) is 0 Å². The van der Waals surface area contributed by atoms with Crippen LogP contribution in [0.5, 0.6) is 11.5 Å². The van der Waals surface area contributed by atoms with Crippen LogP contribution >= 0.6 is 0 Å². The number of hydrogen-bond donors (Lipinski definition) is 1. The summed E-state index contributed by atoms with van der Waals surface area (Å²) in [5.41, 5.74) is 6.45. The van der Waals surface area contributed by atoms with Crippen LogP contribution in [0.4, 0.5) is 0 Å². The number of ether oxygens (including phenoxy) is 2. The molecule has 1 aliphatic rings. The minimum Gasteiger partial charge on any atom is -0.492 e. The third-order valence-corrected chi connectivity index (χ3v) is 2.18. The molecule has 0 aliphatic heterocycles. The van der Waals surface area contributed by atoms with E-state index < -0.39 is 0 Å². The van der Waals surface area contributed by atoms with Gasteiger partial charge in [0.2, 0.25) is 0 Å². The van der Waals surface area contributed by atoms with Crippen LogP contribution in [0.2, 0.25) is 0 Å². The van der Waals surface area contributed by atoms with E-state index in [0.717, 1.165) is 24.2 Å². The monoisotopic (exact) mass is 194 g/mol. The lowest BCUT2D eigenvalue weighted by Gasteiger charge is -2.12. The van der Waals surface area contributed by atoms with Gasteiger partial charge in [0.25, 0.3) is 0 Å². The van der Waals surface area contributed by atoms with Crippen LogP contribution in [-0.4, -0.2) is 18.2 Å². The van der Waals surface area contributed by atoms with Crippen molar-refractivity contribution in [1.82, 2.24) is 4.98 Å². The quantitative estimate of drug-likeness (QED) is 0.779. The SMILES string of the molecule is COc1c(CN)cncc1OC1CC1. The molecule has 2 N–H and O–H groups in total. The van der Waals surface area contributed by atoms with Crippen molar-refractivity contribution in [2.75, 3.05) is 7.11 Å². The summed E-state index contributed by atoms with van der Waals surface area (Å²) in [4.78, 5) is 4.06. The van der Waals surface area contributed by atoms with Crippen molar-refractivity contribution >= 4 is 0 Å². The van der Waals surface area contributed by atoms with Crippen LogP contribution in [-0.2, 0) is 6.54 Å². The fourth-order valence-corrected chi connectivity index (χ4v) is 1.30. The second kappa shape index (κ2) is 3.84. The summed E-state index contributed by atoms with van der Waals surface area (Å²) < 4.78 is 10.9. The Balaban J connectivity index is 2.26. The minimum absolute atomic E-state index is 0.346. The summed E-state index contributed by atoms with van der Waals surface area (Å²) in [5, 5.41) is 0. The number of rotatable bonds is 4. The van der Waals surface area contributed by atoms with Gasteiger partial charge in [0.15, 0.2) is 11.5 Å². The van der Waals surface area contributed by atoms with Crippen LogP contribution in [0.3, 0.4) is 0 Å². The molecule has 0 aromatic carbocycles. The Bertz CT molecular complexity index is 324. The smallest absolute Gasteiger partial charge is 0.180 e. The van der Waals surface area contributed by atoms with Crippen molar-refractivity contribution in [2.24, 2.45) is 5.73 Å². The highest BCUT2D eigenvalue weighted by Crippen LogP contribution is 2.34. The number of pyridine rings is 1. The largest absolute Gasteiger partial charge is 0.492 e. The molecule has 2 rings (SSSR count). The molecular formula is C10H14N2O2. The first-order valence-electron chi connectivity index (χ1n) is 4.72. The van der Waals surface area contributed by atoms with Crippen LogP contribution in [0.15, 0.2) is 12.4 Å². The van der Waals surface area contributed by atoms with Gasteiger partial charge in [-0.1, -0.05) is 0 Å². The molecule has 4 nitrogen and oxygen atoms in total. The van der Waals surface area contributed by atoms with Gasteiger partial charge in [-0.25, -0.2) is 0 Å². The van der Waals surface area contributed by atoms with E-state index in [9.17, 15) is 0 Å². The highest BCUT2D eigenvalue weighted by Gasteiger charge is 2.25. The molecule has 1 heterocycles. The summed E-state index contributed by atoms with van der Waals surface area (Å²) in [5.74, 6) is 1.42. The third kappa shape index (κ3) is 1.80. The van der Waals surface area contributed by atoms with E-state index in [1.807, 2.05) is 0 Å². The number of methoxy groups -OCH3 is 1. The minimum atomic E-state index is 0.346. The predicted octanol–water partition coefficient (Wildman–Crippen LogP) is 1.09. The Morgan fingerprint density at radius 1 is 1.50 bits per heavy atom. The van der Waals surface area contributed by atoms with E-state index in [2.05, 4.69) is 4.98 Å². The highest BCUT2D eigenvalue weighted by molar-refractivity contribution is 5.44. The molecule has 0 atom stereocenters. The molecule has 0 spiro atoms. The van der Waals surface area contributed by atoms with Gasteiger partial charge >= 0.3 is 0 Å². The molecule has 1 fully saturated rings. The second-order valence-electron chi connectivity index (χ2n) is 3.35. The molecule has 4 heteroatoms. The van der Waals surface area contributed by atoms with E-state index >= 15 is 0 Å². The van der Waals surface area contributed by atoms with Crippen molar-refractivity contribution in [2.45, 2.75) is 25.5 Å². The lowest BCUT2D eigenvalue weighted by atomic mass is 10.2. The molecule has 1 aromatic rings. The number of nitrogens with zero attached hydrogens (tertiary/aromatic N) is 1.